The van der Waals surface area contributed by atoms with E-state index in [1.165, 1.54) is 12.8 Å². The van der Waals surface area contributed by atoms with E-state index in [9.17, 15) is 4.79 Å². The summed E-state index contributed by atoms with van der Waals surface area (Å²) < 4.78 is 0. The van der Waals surface area contributed by atoms with Crippen LogP contribution in [-0.4, -0.2) is 45.0 Å². The third-order valence-electron chi connectivity index (χ3n) is 3.65. The van der Waals surface area contributed by atoms with E-state index in [2.05, 4.69) is 25.7 Å². The van der Waals surface area contributed by atoms with Gasteiger partial charge in [0.15, 0.2) is 7.98 Å². The summed E-state index contributed by atoms with van der Waals surface area (Å²) in [6, 6.07) is 0. The third-order valence-corrected chi connectivity index (χ3v) is 3.91. The lowest BCUT2D eigenvalue weighted by Gasteiger charge is -2.33. The van der Waals surface area contributed by atoms with E-state index in [0.29, 0.717) is 11.9 Å². The molecule has 1 rings (SSSR count). The van der Waals surface area contributed by atoms with Crippen molar-refractivity contribution in [3.05, 3.63) is 0 Å². The van der Waals surface area contributed by atoms with Gasteiger partial charge >= 0.3 is 0 Å². The Kier molecular flexibility index (Phi) is 5.76. The lowest BCUT2D eigenvalue weighted by Crippen LogP contribution is -2.44. The molecule has 1 amide bonds. The first kappa shape index (κ1) is 14.0. The van der Waals surface area contributed by atoms with Crippen molar-refractivity contribution >= 4 is 33.7 Å². The molecule has 0 saturated heterocycles. The van der Waals surface area contributed by atoms with Gasteiger partial charge < -0.3 is 10.1 Å². The smallest absolute Gasteiger partial charge is 0.278 e. The van der Waals surface area contributed by atoms with Crippen LogP contribution in [0.3, 0.4) is 0 Å². The minimum absolute atomic E-state index is 0.0925. The number of hydrogen-bond donors (Lipinski definition) is 2. The molecular formula is C10H22B2N2OS. The third kappa shape index (κ3) is 3.74. The highest BCUT2D eigenvalue weighted by molar-refractivity contribution is 7.96. The predicted octanol–water partition coefficient (Wildman–Crippen LogP) is -0.129. The molecule has 1 saturated carbocycles. The Morgan fingerprint density at radius 1 is 1.62 bits per heavy atom. The van der Waals surface area contributed by atoms with Crippen LogP contribution in [0, 0.1) is 11.8 Å². The van der Waals surface area contributed by atoms with E-state index < -0.39 is 0 Å². The molecule has 3 nitrogen and oxygen atoms in total. The van der Waals surface area contributed by atoms with Gasteiger partial charge in [-0.1, -0.05) is 12.6 Å². The van der Waals surface area contributed by atoms with Crippen LogP contribution in [0.1, 0.15) is 26.2 Å². The second-order valence-electron chi connectivity index (χ2n) is 4.70. The van der Waals surface area contributed by atoms with Crippen molar-refractivity contribution < 1.29 is 4.79 Å². The standard InChI is InChI=1S/C10H22B2N2OS/c1-2-14(10(15)16)9(11)8(5-6-13-12)7-3-4-7/h7-9,13H,2-6,11-12H2,1H3,(H,15,16). The summed E-state index contributed by atoms with van der Waals surface area (Å²) in [6.07, 6.45) is 3.81. The van der Waals surface area contributed by atoms with Crippen molar-refractivity contribution in [2.75, 3.05) is 13.1 Å². The van der Waals surface area contributed by atoms with Crippen LogP contribution in [0.5, 0.6) is 0 Å². The molecule has 0 aliphatic heterocycles. The van der Waals surface area contributed by atoms with Crippen LogP contribution in [0.2, 0.25) is 0 Å². The topological polar surface area (TPSA) is 32.3 Å². The number of hydrogen-bond acceptors (Lipinski definition) is 2. The van der Waals surface area contributed by atoms with Crippen LogP contribution in [0.4, 0.5) is 4.79 Å². The highest BCUT2D eigenvalue weighted by Crippen LogP contribution is 2.40. The molecule has 2 atom stereocenters. The lowest BCUT2D eigenvalue weighted by molar-refractivity contribution is 0.195. The Morgan fingerprint density at radius 3 is 2.62 bits per heavy atom. The number of rotatable bonds is 7. The summed E-state index contributed by atoms with van der Waals surface area (Å²) in [6.45, 7) is 3.81. The summed E-state index contributed by atoms with van der Waals surface area (Å²) in [5, 5.41) is 3.11. The highest BCUT2D eigenvalue weighted by atomic mass is 32.1. The summed E-state index contributed by atoms with van der Waals surface area (Å²) in [5.74, 6) is 1.77. The van der Waals surface area contributed by atoms with E-state index in [1.54, 1.807) is 0 Å². The van der Waals surface area contributed by atoms with E-state index in [1.807, 2.05) is 19.8 Å². The maximum atomic E-state index is 11.4. The molecule has 1 aliphatic rings. The Morgan fingerprint density at radius 2 is 2.25 bits per heavy atom. The minimum Gasteiger partial charge on any atom is -0.362 e. The molecule has 1 aliphatic carbocycles. The molecule has 1 fully saturated rings. The average Bonchev–Trinajstić information content (AvgIpc) is 3.03. The van der Waals surface area contributed by atoms with Crippen molar-refractivity contribution in [2.24, 2.45) is 11.8 Å². The Balaban J connectivity index is 2.57. The molecule has 0 bridgehead atoms. The van der Waals surface area contributed by atoms with Crippen LogP contribution in [0.25, 0.3) is 0 Å². The van der Waals surface area contributed by atoms with Crippen LogP contribution >= 0.6 is 12.6 Å². The quantitative estimate of drug-likeness (QED) is 0.480. The van der Waals surface area contributed by atoms with Crippen molar-refractivity contribution in [1.29, 1.82) is 0 Å². The summed E-state index contributed by atoms with van der Waals surface area (Å²) in [7, 11) is 4.15. The summed E-state index contributed by atoms with van der Waals surface area (Å²) in [4.78, 5) is 13.3. The van der Waals surface area contributed by atoms with Crippen molar-refractivity contribution in [1.82, 2.24) is 10.1 Å². The zero-order valence-corrected chi connectivity index (χ0v) is 11.5. The zero-order valence-electron chi connectivity index (χ0n) is 10.6. The zero-order chi connectivity index (χ0) is 12.1. The average molecular weight is 240 g/mol. The van der Waals surface area contributed by atoms with Gasteiger partial charge in [-0.3, -0.25) is 4.79 Å². The summed E-state index contributed by atoms with van der Waals surface area (Å²) >= 11 is 3.96. The normalized spacial score (nSPS) is 19.1. The van der Waals surface area contributed by atoms with E-state index in [-0.39, 0.29) is 5.24 Å². The Hall–Kier alpha value is -0.0901. The molecular weight excluding hydrogens is 218 g/mol. The fraction of sp³-hybridized carbons (Fsp3) is 0.900. The molecule has 90 valence electrons. The van der Waals surface area contributed by atoms with Crippen molar-refractivity contribution in [3.8, 4) is 0 Å². The van der Waals surface area contributed by atoms with Crippen molar-refractivity contribution in [3.63, 3.8) is 0 Å². The van der Waals surface area contributed by atoms with Gasteiger partial charge in [0.1, 0.15) is 7.85 Å². The number of amides is 1. The molecule has 0 aromatic carbocycles. The first-order valence-electron chi connectivity index (χ1n) is 6.26. The second kappa shape index (κ2) is 6.60. The number of carbonyl (C=O) groups is 1. The maximum Gasteiger partial charge on any atom is 0.278 e. The molecule has 6 heteroatoms. The largest absolute Gasteiger partial charge is 0.362 e. The van der Waals surface area contributed by atoms with Crippen molar-refractivity contribution in [2.45, 2.75) is 32.1 Å². The first-order valence-corrected chi connectivity index (χ1v) is 6.70. The van der Waals surface area contributed by atoms with Gasteiger partial charge in [0.2, 0.25) is 0 Å². The molecule has 2 unspecified atom stereocenters. The Bertz CT molecular complexity index is 239. The fourth-order valence-corrected chi connectivity index (χ4v) is 2.86. The van der Waals surface area contributed by atoms with Gasteiger partial charge in [-0.25, -0.2) is 0 Å². The number of carbonyl (C=O) groups excluding carboxylic acids is 1. The van der Waals surface area contributed by atoms with Gasteiger partial charge in [-0.05, 0) is 44.6 Å². The monoisotopic (exact) mass is 240 g/mol. The lowest BCUT2D eigenvalue weighted by atomic mass is 9.77. The number of nitrogens with zero attached hydrogens (tertiary/aromatic N) is 1. The molecule has 0 heterocycles. The molecule has 0 radical (unpaired) electrons. The SMILES string of the molecule is BNCCC(C1CC1)C(B)N(CC)C(=O)S. The van der Waals surface area contributed by atoms with E-state index >= 15 is 0 Å². The van der Waals surface area contributed by atoms with Gasteiger partial charge in [0.25, 0.3) is 5.24 Å². The van der Waals surface area contributed by atoms with Gasteiger partial charge in [0, 0.05) is 12.5 Å². The minimum atomic E-state index is -0.0925. The molecule has 0 aromatic heterocycles. The van der Waals surface area contributed by atoms with Gasteiger partial charge in [-0.15, -0.1) is 0 Å². The van der Waals surface area contributed by atoms with Crippen LogP contribution < -0.4 is 5.23 Å². The second-order valence-corrected chi connectivity index (χ2v) is 5.09. The van der Waals surface area contributed by atoms with Gasteiger partial charge in [0.05, 0.1) is 0 Å². The number of nitrogens with one attached hydrogen (secondary N) is 1. The van der Waals surface area contributed by atoms with Crippen LogP contribution in [0.15, 0.2) is 0 Å². The van der Waals surface area contributed by atoms with E-state index in [4.69, 9.17) is 0 Å². The molecule has 16 heavy (non-hydrogen) atoms. The van der Waals surface area contributed by atoms with Gasteiger partial charge in [-0.2, -0.15) is 0 Å². The highest BCUT2D eigenvalue weighted by Gasteiger charge is 2.36. The summed E-state index contributed by atoms with van der Waals surface area (Å²) in [5.41, 5.74) is 0. The van der Waals surface area contributed by atoms with E-state index in [0.717, 1.165) is 25.4 Å². The maximum absolute atomic E-state index is 11.4. The fourth-order valence-electron chi connectivity index (χ4n) is 2.53. The predicted molar refractivity (Wildman–Crippen MR) is 76.5 cm³/mol. The molecule has 1 N–H and O–H groups in total. The van der Waals surface area contributed by atoms with Crippen LogP contribution in [-0.2, 0) is 0 Å². The first-order chi connectivity index (χ1) is 7.61. The Labute approximate surface area is 106 Å². The molecule has 0 spiro atoms. The molecule has 0 aromatic rings. The number of thiol groups is 1.